The van der Waals surface area contributed by atoms with E-state index in [1.165, 1.54) is 24.1 Å². The van der Waals surface area contributed by atoms with Gasteiger partial charge in [0.05, 0.1) is 24.8 Å². The fraction of sp³-hybridized carbons (Fsp3) is 0.355. The molecule has 0 bridgehead atoms. The summed E-state index contributed by atoms with van der Waals surface area (Å²) in [5.74, 6) is 0.328. The van der Waals surface area contributed by atoms with Gasteiger partial charge in [-0.05, 0) is 61.7 Å². The van der Waals surface area contributed by atoms with Crippen molar-refractivity contribution in [3.8, 4) is 11.5 Å². The van der Waals surface area contributed by atoms with E-state index >= 15 is 0 Å². The molecular formula is C31H37N3O6S. The van der Waals surface area contributed by atoms with Gasteiger partial charge >= 0.3 is 0 Å². The Bertz CT molecular complexity index is 1420. The second kappa shape index (κ2) is 13.5. The zero-order chi connectivity index (χ0) is 29.4. The van der Waals surface area contributed by atoms with Crippen molar-refractivity contribution in [2.75, 3.05) is 25.1 Å². The van der Waals surface area contributed by atoms with Gasteiger partial charge in [0.15, 0.2) is 0 Å². The molecule has 3 aromatic carbocycles. The average Bonchev–Trinajstić information content (AvgIpc) is 3.52. The van der Waals surface area contributed by atoms with E-state index in [0.717, 1.165) is 35.6 Å². The van der Waals surface area contributed by atoms with Crippen LogP contribution in [0.5, 0.6) is 11.5 Å². The van der Waals surface area contributed by atoms with E-state index in [9.17, 15) is 18.0 Å². The Kier molecular flexibility index (Phi) is 9.88. The molecule has 0 aromatic heterocycles. The number of amides is 2. The van der Waals surface area contributed by atoms with Crippen LogP contribution in [0, 0.1) is 0 Å². The van der Waals surface area contributed by atoms with Gasteiger partial charge in [0, 0.05) is 18.7 Å². The molecule has 41 heavy (non-hydrogen) atoms. The Morgan fingerprint density at radius 3 is 2.20 bits per heavy atom. The highest BCUT2D eigenvalue weighted by Crippen LogP contribution is 2.28. The lowest BCUT2D eigenvalue weighted by molar-refractivity contribution is -0.139. The fourth-order valence-electron chi connectivity index (χ4n) is 4.92. The number of methoxy groups -OCH3 is 2. The van der Waals surface area contributed by atoms with Crippen molar-refractivity contribution in [1.29, 1.82) is 0 Å². The third-order valence-corrected chi connectivity index (χ3v) is 9.12. The standard InChI is InChI=1S/C31H37N3O6S/c1-23(31(36)32-25-10-7-8-11-25)33(21-24-16-18-27(39-2)19-17-24)30(35)22-34(26-12-9-13-28(20-26)40-3)41(37,38)29-14-5-4-6-15-29/h4-6,9,12-20,23,25H,7-8,10-11,21-22H2,1-3H3,(H,32,36)/t23-/m0/s1. The maximum absolute atomic E-state index is 14.1. The number of carbonyl (C=O) groups excluding carboxylic acids is 2. The summed E-state index contributed by atoms with van der Waals surface area (Å²) in [6.07, 6.45) is 3.93. The van der Waals surface area contributed by atoms with Gasteiger partial charge in [-0.1, -0.05) is 49.2 Å². The number of ether oxygens (including phenoxy) is 2. The van der Waals surface area contributed by atoms with E-state index < -0.39 is 28.5 Å². The van der Waals surface area contributed by atoms with Gasteiger partial charge in [-0.15, -0.1) is 0 Å². The van der Waals surface area contributed by atoms with Crippen LogP contribution in [0.2, 0.25) is 0 Å². The van der Waals surface area contributed by atoms with Crippen LogP contribution in [0.1, 0.15) is 38.2 Å². The monoisotopic (exact) mass is 579 g/mol. The first-order valence-electron chi connectivity index (χ1n) is 13.7. The van der Waals surface area contributed by atoms with Gasteiger partial charge in [0.1, 0.15) is 24.1 Å². The number of rotatable bonds is 12. The molecule has 0 aliphatic heterocycles. The summed E-state index contributed by atoms with van der Waals surface area (Å²) in [4.78, 5) is 28.8. The summed E-state index contributed by atoms with van der Waals surface area (Å²) in [7, 11) is -1.08. The minimum atomic E-state index is -4.14. The third-order valence-electron chi connectivity index (χ3n) is 7.33. The van der Waals surface area contributed by atoms with Crippen molar-refractivity contribution in [1.82, 2.24) is 10.2 Å². The van der Waals surface area contributed by atoms with Gasteiger partial charge in [-0.25, -0.2) is 8.42 Å². The van der Waals surface area contributed by atoms with E-state index in [-0.39, 0.29) is 29.1 Å². The van der Waals surface area contributed by atoms with E-state index in [1.54, 1.807) is 68.6 Å². The maximum Gasteiger partial charge on any atom is 0.264 e. The van der Waals surface area contributed by atoms with E-state index in [0.29, 0.717) is 11.5 Å². The maximum atomic E-state index is 14.1. The molecule has 3 aromatic rings. The summed E-state index contributed by atoms with van der Waals surface area (Å²) in [5, 5.41) is 3.07. The summed E-state index contributed by atoms with van der Waals surface area (Å²) in [6.45, 7) is 1.27. The van der Waals surface area contributed by atoms with Crippen molar-refractivity contribution in [3.63, 3.8) is 0 Å². The van der Waals surface area contributed by atoms with Crippen LogP contribution in [0.4, 0.5) is 5.69 Å². The molecule has 10 heteroatoms. The molecule has 4 rings (SSSR count). The highest BCUT2D eigenvalue weighted by atomic mass is 32.2. The first kappa shape index (κ1) is 29.9. The predicted molar refractivity (Wildman–Crippen MR) is 157 cm³/mol. The van der Waals surface area contributed by atoms with E-state index in [2.05, 4.69) is 5.32 Å². The third kappa shape index (κ3) is 7.38. The second-order valence-corrected chi connectivity index (χ2v) is 11.9. The highest BCUT2D eigenvalue weighted by molar-refractivity contribution is 7.92. The normalized spacial score (nSPS) is 14.2. The Morgan fingerprint density at radius 1 is 0.902 bits per heavy atom. The van der Waals surface area contributed by atoms with Crippen LogP contribution in [-0.4, -0.2) is 58.0 Å². The molecule has 1 atom stereocenters. The van der Waals surface area contributed by atoms with Gasteiger partial charge in [0.25, 0.3) is 10.0 Å². The molecule has 1 saturated carbocycles. The first-order chi connectivity index (χ1) is 19.7. The van der Waals surface area contributed by atoms with E-state index in [4.69, 9.17) is 9.47 Å². The van der Waals surface area contributed by atoms with Crippen LogP contribution in [0.25, 0.3) is 0 Å². The second-order valence-electron chi connectivity index (χ2n) is 10.1. The molecule has 1 aliphatic carbocycles. The van der Waals surface area contributed by atoms with Crippen LogP contribution in [0.15, 0.2) is 83.8 Å². The smallest absolute Gasteiger partial charge is 0.264 e. The molecule has 1 N–H and O–H groups in total. The number of sulfonamides is 1. The summed E-state index contributed by atoms with van der Waals surface area (Å²) in [6, 6.07) is 20.9. The van der Waals surface area contributed by atoms with E-state index in [1.807, 2.05) is 12.1 Å². The van der Waals surface area contributed by atoms with Crippen molar-refractivity contribution in [2.24, 2.45) is 0 Å². The van der Waals surface area contributed by atoms with Gasteiger partial charge in [0.2, 0.25) is 11.8 Å². The summed E-state index contributed by atoms with van der Waals surface area (Å²) >= 11 is 0. The predicted octanol–water partition coefficient (Wildman–Crippen LogP) is 4.38. The number of hydrogen-bond acceptors (Lipinski definition) is 6. The number of nitrogens with one attached hydrogen (secondary N) is 1. The molecular weight excluding hydrogens is 542 g/mol. The van der Waals surface area contributed by atoms with Crippen LogP contribution in [-0.2, 0) is 26.2 Å². The molecule has 0 saturated heterocycles. The van der Waals surface area contributed by atoms with Crippen molar-refractivity contribution in [2.45, 2.75) is 56.1 Å². The van der Waals surface area contributed by atoms with Crippen LogP contribution < -0.4 is 19.1 Å². The molecule has 1 fully saturated rings. The quantitative estimate of drug-likeness (QED) is 0.342. The van der Waals surface area contributed by atoms with Crippen molar-refractivity contribution >= 4 is 27.5 Å². The number of anilines is 1. The minimum Gasteiger partial charge on any atom is -0.497 e. The van der Waals surface area contributed by atoms with Gasteiger partial charge in [-0.2, -0.15) is 0 Å². The lowest BCUT2D eigenvalue weighted by Gasteiger charge is -2.32. The Hall–Kier alpha value is -4.05. The zero-order valence-corrected chi connectivity index (χ0v) is 24.5. The minimum absolute atomic E-state index is 0.0457. The number of benzene rings is 3. The Balaban J connectivity index is 1.68. The van der Waals surface area contributed by atoms with Crippen molar-refractivity contribution < 1.29 is 27.5 Å². The Morgan fingerprint density at radius 2 is 1.56 bits per heavy atom. The molecule has 0 heterocycles. The summed E-state index contributed by atoms with van der Waals surface area (Å²) in [5.41, 5.74) is 1.05. The van der Waals surface area contributed by atoms with Gasteiger partial charge in [-0.3, -0.25) is 13.9 Å². The SMILES string of the molecule is COc1ccc(CN(C(=O)CN(c2cccc(OC)c2)S(=O)(=O)c2ccccc2)[C@@H](C)C(=O)NC2CCCC2)cc1. The molecule has 218 valence electrons. The average molecular weight is 580 g/mol. The molecule has 0 radical (unpaired) electrons. The first-order valence-corrected chi connectivity index (χ1v) is 15.1. The van der Waals surface area contributed by atoms with Crippen molar-refractivity contribution in [3.05, 3.63) is 84.4 Å². The largest absolute Gasteiger partial charge is 0.497 e. The molecule has 9 nitrogen and oxygen atoms in total. The lowest BCUT2D eigenvalue weighted by Crippen LogP contribution is -2.52. The topological polar surface area (TPSA) is 105 Å². The highest BCUT2D eigenvalue weighted by Gasteiger charge is 2.33. The zero-order valence-electron chi connectivity index (χ0n) is 23.7. The molecule has 1 aliphatic rings. The fourth-order valence-corrected chi connectivity index (χ4v) is 6.34. The number of nitrogens with zero attached hydrogens (tertiary/aromatic N) is 2. The number of hydrogen-bond donors (Lipinski definition) is 1. The Labute approximate surface area is 242 Å². The summed E-state index contributed by atoms with van der Waals surface area (Å²) < 4.78 is 39.4. The van der Waals surface area contributed by atoms with Gasteiger partial charge < -0.3 is 19.7 Å². The lowest BCUT2D eigenvalue weighted by atomic mass is 10.1. The molecule has 0 unspecified atom stereocenters. The van der Waals surface area contributed by atoms with Crippen LogP contribution >= 0.6 is 0 Å². The molecule has 2 amide bonds. The molecule has 0 spiro atoms. The number of carbonyl (C=O) groups is 2. The van der Waals surface area contributed by atoms with Crippen LogP contribution in [0.3, 0.4) is 0 Å².